The molecule has 0 saturated carbocycles. The minimum absolute atomic E-state index is 0.184. The summed E-state index contributed by atoms with van der Waals surface area (Å²) in [5.74, 6) is -1.36. The van der Waals surface area contributed by atoms with Crippen molar-refractivity contribution in [2.45, 2.75) is 45.1 Å². The number of ether oxygens (including phenoxy) is 1. The number of likely N-dealkylation sites (tertiary alicyclic amines) is 1. The van der Waals surface area contributed by atoms with Gasteiger partial charge in [-0.3, -0.25) is 19.3 Å². The Morgan fingerprint density at radius 3 is 2.12 bits per heavy atom. The number of hydrogen-bond donors (Lipinski definition) is 0. The van der Waals surface area contributed by atoms with E-state index in [2.05, 4.69) is 4.90 Å². The number of rotatable bonds is 6. The van der Waals surface area contributed by atoms with Crippen LogP contribution in [0.25, 0.3) is 0 Å². The number of Topliss-reactive ketones (excluding diaryl/α,β-unsaturated/α-hetero) is 1. The molecule has 2 aliphatic heterocycles. The minimum atomic E-state index is -0.636. The second-order valence-corrected chi connectivity index (χ2v) is 8.65. The first-order chi connectivity index (χ1) is 15.9. The van der Waals surface area contributed by atoms with Gasteiger partial charge in [0.1, 0.15) is 0 Å². The van der Waals surface area contributed by atoms with E-state index in [-0.39, 0.29) is 36.2 Å². The summed E-state index contributed by atoms with van der Waals surface area (Å²) < 4.78 is 5.15. The van der Waals surface area contributed by atoms with E-state index in [0.717, 1.165) is 44.3 Å². The maximum atomic E-state index is 13.0. The van der Waals surface area contributed by atoms with Gasteiger partial charge in [0.05, 0.1) is 23.7 Å². The summed E-state index contributed by atoms with van der Waals surface area (Å²) in [6.45, 7) is 3.24. The second kappa shape index (κ2) is 10.1. The van der Waals surface area contributed by atoms with Crippen LogP contribution in [-0.4, -0.2) is 54.2 Å². The molecule has 2 amide bonds. The molecule has 2 heterocycles. The number of amides is 2. The summed E-state index contributed by atoms with van der Waals surface area (Å²) in [4.78, 5) is 53.6. The average molecular weight is 449 g/mol. The molecule has 2 aromatic carbocycles. The fraction of sp³-hybridized carbons (Fsp3) is 0.385. The van der Waals surface area contributed by atoms with Crippen molar-refractivity contribution in [1.29, 1.82) is 0 Å². The van der Waals surface area contributed by atoms with E-state index in [1.54, 1.807) is 24.3 Å². The molecular formula is C26H28N2O5. The third kappa shape index (κ3) is 5.20. The van der Waals surface area contributed by atoms with Gasteiger partial charge < -0.3 is 4.74 Å². The van der Waals surface area contributed by atoms with Gasteiger partial charge in [-0.2, -0.15) is 0 Å². The fourth-order valence-corrected chi connectivity index (χ4v) is 4.36. The van der Waals surface area contributed by atoms with Gasteiger partial charge in [-0.25, -0.2) is 9.69 Å². The minimum Gasteiger partial charge on any atom is -0.454 e. The van der Waals surface area contributed by atoms with Gasteiger partial charge in [0.2, 0.25) is 5.91 Å². The topological polar surface area (TPSA) is 84.0 Å². The predicted molar refractivity (Wildman–Crippen MR) is 123 cm³/mol. The number of esters is 1. The molecule has 1 atom stereocenters. The van der Waals surface area contributed by atoms with Crippen LogP contribution >= 0.6 is 0 Å². The van der Waals surface area contributed by atoms with Crippen LogP contribution in [0.15, 0.2) is 48.5 Å². The van der Waals surface area contributed by atoms with Crippen LogP contribution in [0.2, 0.25) is 0 Å². The summed E-state index contributed by atoms with van der Waals surface area (Å²) in [7, 11) is 0. The van der Waals surface area contributed by atoms with Crippen LogP contribution in [0.1, 0.15) is 58.4 Å². The Hall–Kier alpha value is -3.32. The molecule has 2 fully saturated rings. The smallest absolute Gasteiger partial charge is 0.338 e. The molecule has 0 aliphatic carbocycles. The molecule has 7 heteroatoms. The number of aryl methyl sites for hydroxylation is 1. The standard InChI is InChI=1S/C26H28N2O5/c1-18-6-8-19(9-7-18)23(29)17-33-26(32)20-10-12-21(13-11-20)28-24(30)16-22(25(28)31)27-14-4-2-3-5-15-27/h6-13,22H,2-5,14-17H2,1H3. The molecule has 7 nitrogen and oxygen atoms in total. The molecule has 0 N–H and O–H groups in total. The van der Waals surface area contributed by atoms with Crippen molar-refractivity contribution in [3.63, 3.8) is 0 Å². The van der Waals surface area contributed by atoms with Gasteiger partial charge in [0.15, 0.2) is 12.4 Å². The Morgan fingerprint density at radius 2 is 1.48 bits per heavy atom. The summed E-state index contributed by atoms with van der Waals surface area (Å²) in [5, 5.41) is 0. The molecule has 2 aliphatic rings. The highest BCUT2D eigenvalue weighted by molar-refractivity contribution is 6.22. The molecule has 0 radical (unpaired) electrons. The predicted octanol–water partition coefficient (Wildman–Crippen LogP) is 3.54. The summed E-state index contributed by atoms with van der Waals surface area (Å²) in [6, 6.07) is 12.8. The van der Waals surface area contributed by atoms with E-state index in [9.17, 15) is 19.2 Å². The zero-order valence-corrected chi connectivity index (χ0v) is 18.8. The first kappa shape index (κ1) is 22.9. The molecule has 4 rings (SSSR count). The molecule has 2 aromatic rings. The molecule has 0 spiro atoms. The summed E-state index contributed by atoms with van der Waals surface area (Å²) >= 11 is 0. The quantitative estimate of drug-likeness (QED) is 0.382. The Labute approximate surface area is 193 Å². The molecule has 172 valence electrons. The zero-order valence-electron chi connectivity index (χ0n) is 18.8. The Morgan fingerprint density at radius 1 is 0.879 bits per heavy atom. The van der Waals surface area contributed by atoms with Gasteiger partial charge in [-0.05, 0) is 57.1 Å². The average Bonchev–Trinajstić information content (AvgIpc) is 2.99. The van der Waals surface area contributed by atoms with E-state index in [1.165, 1.54) is 17.0 Å². The van der Waals surface area contributed by atoms with Crippen molar-refractivity contribution in [3.8, 4) is 0 Å². The van der Waals surface area contributed by atoms with Gasteiger partial charge in [-0.1, -0.05) is 42.7 Å². The molecule has 33 heavy (non-hydrogen) atoms. The first-order valence-electron chi connectivity index (χ1n) is 11.4. The van der Waals surface area contributed by atoms with Crippen LogP contribution in [0.4, 0.5) is 5.69 Å². The lowest BCUT2D eigenvalue weighted by molar-refractivity contribution is -0.122. The number of hydrogen-bond acceptors (Lipinski definition) is 6. The number of ketones is 1. The van der Waals surface area contributed by atoms with Crippen LogP contribution in [0, 0.1) is 6.92 Å². The number of carbonyl (C=O) groups is 4. The highest BCUT2D eigenvalue weighted by atomic mass is 16.5. The maximum absolute atomic E-state index is 13.0. The van der Waals surface area contributed by atoms with Crippen LogP contribution < -0.4 is 4.90 Å². The molecule has 2 saturated heterocycles. The first-order valence-corrected chi connectivity index (χ1v) is 11.4. The van der Waals surface area contributed by atoms with Crippen LogP contribution in [-0.2, 0) is 14.3 Å². The lowest BCUT2D eigenvalue weighted by Gasteiger charge is -2.25. The van der Waals surface area contributed by atoms with Gasteiger partial charge in [0.25, 0.3) is 5.91 Å². The van der Waals surface area contributed by atoms with Crippen molar-refractivity contribution in [2.24, 2.45) is 0 Å². The largest absolute Gasteiger partial charge is 0.454 e. The third-order valence-electron chi connectivity index (χ3n) is 6.27. The van der Waals surface area contributed by atoms with Gasteiger partial charge >= 0.3 is 5.97 Å². The Balaban J connectivity index is 1.37. The van der Waals surface area contributed by atoms with Crippen LogP contribution in [0.3, 0.4) is 0 Å². The lowest BCUT2D eigenvalue weighted by Crippen LogP contribution is -2.42. The van der Waals surface area contributed by atoms with Crippen molar-refractivity contribution < 1.29 is 23.9 Å². The third-order valence-corrected chi connectivity index (χ3v) is 6.27. The van der Waals surface area contributed by atoms with E-state index in [4.69, 9.17) is 4.74 Å². The number of imide groups is 1. The highest BCUT2D eigenvalue weighted by Crippen LogP contribution is 2.27. The summed E-state index contributed by atoms with van der Waals surface area (Å²) in [5.41, 5.74) is 2.21. The van der Waals surface area contributed by atoms with E-state index < -0.39 is 12.0 Å². The van der Waals surface area contributed by atoms with E-state index in [1.807, 2.05) is 19.1 Å². The molecular weight excluding hydrogens is 420 g/mol. The van der Waals surface area contributed by atoms with E-state index >= 15 is 0 Å². The number of carbonyl (C=O) groups excluding carboxylic acids is 4. The zero-order chi connectivity index (χ0) is 23.4. The monoisotopic (exact) mass is 448 g/mol. The van der Waals surface area contributed by atoms with Gasteiger partial charge in [-0.15, -0.1) is 0 Å². The Bertz CT molecular complexity index is 1040. The lowest BCUT2D eigenvalue weighted by atomic mass is 10.1. The molecule has 0 aromatic heterocycles. The fourth-order valence-electron chi connectivity index (χ4n) is 4.36. The SMILES string of the molecule is Cc1ccc(C(=O)COC(=O)c2ccc(N3C(=O)CC(N4CCCCCC4)C3=O)cc2)cc1. The molecule has 1 unspecified atom stereocenters. The van der Waals surface area contributed by atoms with Crippen molar-refractivity contribution in [2.75, 3.05) is 24.6 Å². The van der Waals surface area contributed by atoms with Crippen molar-refractivity contribution in [1.82, 2.24) is 4.90 Å². The maximum Gasteiger partial charge on any atom is 0.338 e. The van der Waals surface area contributed by atoms with Crippen molar-refractivity contribution in [3.05, 3.63) is 65.2 Å². The number of benzene rings is 2. The normalized spacial score (nSPS) is 19.4. The van der Waals surface area contributed by atoms with Crippen LogP contribution in [0.5, 0.6) is 0 Å². The van der Waals surface area contributed by atoms with Crippen molar-refractivity contribution >= 4 is 29.3 Å². The van der Waals surface area contributed by atoms with E-state index in [0.29, 0.717) is 11.3 Å². The highest BCUT2D eigenvalue weighted by Gasteiger charge is 2.42. The Kier molecular flexibility index (Phi) is 6.99. The second-order valence-electron chi connectivity index (χ2n) is 8.65. The number of anilines is 1. The van der Waals surface area contributed by atoms with Gasteiger partial charge in [0, 0.05) is 5.56 Å². The number of nitrogens with zero attached hydrogens (tertiary/aromatic N) is 2. The summed E-state index contributed by atoms with van der Waals surface area (Å²) in [6.07, 6.45) is 4.58. The molecule has 0 bridgehead atoms.